The Hall–Kier alpha value is -2.88. The maximum absolute atomic E-state index is 6.48. The Balaban J connectivity index is 2.05. The van der Waals surface area contributed by atoms with Crippen molar-refractivity contribution in [1.82, 2.24) is 4.90 Å². The highest BCUT2D eigenvalue weighted by Gasteiger charge is 2.17. The molecule has 0 radical (unpaired) electrons. The summed E-state index contributed by atoms with van der Waals surface area (Å²) >= 11 is 0. The number of hydrogen-bond acceptors (Lipinski definition) is 3. The molecule has 150 valence electrons. The fraction of sp³-hybridized carbons (Fsp3) is 0.231. The van der Waals surface area contributed by atoms with E-state index >= 15 is 0 Å². The third kappa shape index (κ3) is 5.57. The lowest BCUT2D eigenvalue weighted by molar-refractivity contribution is 0.261. The van der Waals surface area contributed by atoms with Gasteiger partial charge in [-0.05, 0) is 61.0 Å². The Labute approximate surface area is 174 Å². The summed E-state index contributed by atoms with van der Waals surface area (Å²) in [6, 6.07) is 29.1. The van der Waals surface area contributed by atoms with Gasteiger partial charge >= 0.3 is 0 Å². The minimum Gasteiger partial charge on any atom is -0.492 e. The van der Waals surface area contributed by atoms with Gasteiger partial charge in [-0.2, -0.15) is 0 Å². The van der Waals surface area contributed by atoms with Crippen molar-refractivity contribution in [2.45, 2.75) is 13.0 Å². The standard InChI is InChI=1S/C26H30N2O/c1-20(27)25(21-10-6-4-7-11-21)26(22-12-8-5-9-13-22)23-14-16-24(17-15-23)29-19-18-28(2)3/h4-17,20H,18-19,27H2,1-3H3/b26-25-. The largest absolute Gasteiger partial charge is 0.492 e. The zero-order valence-electron chi connectivity index (χ0n) is 17.5. The zero-order chi connectivity index (χ0) is 20.6. The van der Waals surface area contributed by atoms with Crippen molar-refractivity contribution in [1.29, 1.82) is 0 Å². The van der Waals surface area contributed by atoms with Gasteiger partial charge in [-0.15, -0.1) is 0 Å². The van der Waals surface area contributed by atoms with E-state index in [9.17, 15) is 0 Å². The topological polar surface area (TPSA) is 38.5 Å². The smallest absolute Gasteiger partial charge is 0.119 e. The molecule has 0 fully saturated rings. The van der Waals surface area contributed by atoms with Crippen molar-refractivity contribution >= 4 is 11.1 Å². The summed E-state index contributed by atoms with van der Waals surface area (Å²) in [7, 11) is 4.09. The Morgan fingerprint density at radius 1 is 0.793 bits per heavy atom. The van der Waals surface area contributed by atoms with Gasteiger partial charge in [0.25, 0.3) is 0 Å². The number of nitrogens with zero attached hydrogens (tertiary/aromatic N) is 1. The fourth-order valence-corrected chi connectivity index (χ4v) is 3.40. The number of benzene rings is 3. The van der Waals surface area contributed by atoms with Crippen LogP contribution in [-0.2, 0) is 0 Å². The Morgan fingerprint density at radius 3 is 1.83 bits per heavy atom. The predicted molar refractivity (Wildman–Crippen MR) is 123 cm³/mol. The summed E-state index contributed by atoms with van der Waals surface area (Å²) in [6.07, 6.45) is 0. The van der Waals surface area contributed by atoms with Gasteiger partial charge in [-0.3, -0.25) is 0 Å². The number of rotatable bonds is 8. The minimum absolute atomic E-state index is 0.108. The van der Waals surface area contributed by atoms with Crippen molar-refractivity contribution in [3.8, 4) is 5.75 Å². The third-order valence-corrected chi connectivity index (χ3v) is 4.82. The lowest BCUT2D eigenvalue weighted by atomic mass is 9.86. The molecule has 0 aliphatic carbocycles. The Morgan fingerprint density at radius 2 is 1.31 bits per heavy atom. The van der Waals surface area contributed by atoms with Gasteiger partial charge in [0, 0.05) is 12.6 Å². The van der Waals surface area contributed by atoms with Crippen molar-refractivity contribution < 1.29 is 4.74 Å². The molecular formula is C26H30N2O. The van der Waals surface area contributed by atoms with Gasteiger partial charge < -0.3 is 15.4 Å². The maximum atomic E-state index is 6.48. The van der Waals surface area contributed by atoms with Crippen molar-refractivity contribution in [2.75, 3.05) is 27.2 Å². The highest BCUT2D eigenvalue weighted by atomic mass is 16.5. The molecule has 0 aromatic heterocycles. The van der Waals surface area contributed by atoms with Crippen LogP contribution >= 0.6 is 0 Å². The van der Waals surface area contributed by atoms with E-state index in [-0.39, 0.29) is 6.04 Å². The second-order valence-corrected chi connectivity index (χ2v) is 7.49. The summed E-state index contributed by atoms with van der Waals surface area (Å²) in [6.45, 7) is 3.60. The van der Waals surface area contributed by atoms with E-state index in [1.165, 1.54) is 0 Å². The van der Waals surface area contributed by atoms with Crippen LogP contribution in [0.25, 0.3) is 11.1 Å². The Bertz CT molecular complexity index is 914. The molecule has 0 spiro atoms. The molecule has 0 saturated carbocycles. The molecular weight excluding hydrogens is 356 g/mol. The van der Waals surface area contributed by atoms with Gasteiger partial charge in [0.2, 0.25) is 0 Å². The monoisotopic (exact) mass is 386 g/mol. The first-order chi connectivity index (χ1) is 14.1. The maximum Gasteiger partial charge on any atom is 0.119 e. The van der Waals surface area contributed by atoms with Crippen LogP contribution in [0.4, 0.5) is 0 Å². The van der Waals surface area contributed by atoms with Gasteiger partial charge in [0.05, 0.1) is 0 Å². The molecule has 29 heavy (non-hydrogen) atoms. The van der Waals surface area contributed by atoms with Crippen molar-refractivity contribution in [2.24, 2.45) is 5.73 Å². The molecule has 3 aromatic carbocycles. The molecule has 1 unspecified atom stereocenters. The van der Waals surface area contributed by atoms with Crippen LogP contribution < -0.4 is 10.5 Å². The van der Waals surface area contributed by atoms with Gasteiger partial charge in [-0.1, -0.05) is 72.8 Å². The summed E-state index contributed by atoms with van der Waals surface area (Å²) in [4.78, 5) is 2.11. The lowest BCUT2D eigenvalue weighted by Crippen LogP contribution is -2.19. The summed E-state index contributed by atoms with van der Waals surface area (Å²) in [5.74, 6) is 0.880. The summed E-state index contributed by atoms with van der Waals surface area (Å²) < 4.78 is 5.87. The molecule has 3 aromatic rings. The average molecular weight is 387 g/mol. The molecule has 0 amide bonds. The highest BCUT2D eigenvalue weighted by molar-refractivity contribution is 6.00. The van der Waals surface area contributed by atoms with E-state index < -0.39 is 0 Å². The second-order valence-electron chi connectivity index (χ2n) is 7.49. The molecule has 2 N–H and O–H groups in total. The predicted octanol–water partition coefficient (Wildman–Crippen LogP) is 4.93. The second kappa shape index (κ2) is 10.1. The van der Waals surface area contributed by atoms with Crippen LogP contribution in [0.2, 0.25) is 0 Å². The first-order valence-electron chi connectivity index (χ1n) is 10.0. The van der Waals surface area contributed by atoms with E-state index in [0.717, 1.165) is 40.1 Å². The van der Waals surface area contributed by atoms with Gasteiger partial charge in [-0.25, -0.2) is 0 Å². The minimum atomic E-state index is -0.108. The number of hydrogen-bond donors (Lipinski definition) is 1. The summed E-state index contributed by atoms with van der Waals surface area (Å²) in [5, 5.41) is 0. The zero-order valence-corrected chi connectivity index (χ0v) is 17.5. The van der Waals surface area contributed by atoms with Crippen LogP contribution in [0, 0.1) is 0 Å². The first-order valence-corrected chi connectivity index (χ1v) is 10.0. The molecule has 3 rings (SSSR count). The van der Waals surface area contributed by atoms with Crippen LogP contribution in [0.1, 0.15) is 23.6 Å². The summed E-state index contributed by atoms with van der Waals surface area (Å²) in [5.41, 5.74) is 12.2. The molecule has 1 atom stereocenters. The van der Waals surface area contributed by atoms with E-state index in [4.69, 9.17) is 10.5 Å². The molecule has 0 aliphatic rings. The third-order valence-electron chi connectivity index (χ3n) is 4.82. The van der Waals surface area contributed by atoms with E-state index in [1.54, 1.807) is 0 Å². The normalized spacial score (nSPS) is 13.1. The number of nitrogens with two attached hydrogens (primary N) is 1. The molecule has 3 nitrogen and oxygen atoms in total. The van der Waals surface area contributed by atoms with Crippen LogP contribution in [0.5, 0.6) is 5.75 Å². The molecule has 3 heteroatoms. The first kappa shape index (κ1) is 20.8. The Kier molecular flexibility index (Phi) is 7.23. The SMILES string of the molecule is CC(N)/C(=C(\c1ccccc1)c1ccc(OCCN(C)C)cc1)c1ccccc1. The van der Waals surface area contributed by atoms with E-state index in [0.29, 0.717) is 6.61 Å². The average Bonchev–Trinajstić information content (AvgIpc) is 2.73. The quantitative estimate of drug-likeness (QED) is 0.558. The van der Waals surface area contributed by atoms with Crippen molar-refractivity contribution in [3.63, 3.8) is 0 Å². The fourth-order valence-electron chi connectivity index (χ4n) is 3.40. The van der Waals surface area contributed by atoms with E-state index in [2.05, 4.69) is 65.6 Å². The van der Waals surface area contributed by atoms with E-state index in [1.807, 2.05) is 45.3 Å². The molecule has 0 aliphatic heterocycles. The lowest BCUT2D eigenvalue weighted by Gasteiger charge is -2.20. The highest BCUT2D eigenvalue weighted by Crippen LogP contribution is 2.34. The van der Waals surface area contributed by atoms with Gasteiger partial charge in [0.15, 0.2) is 0 Å². The molecule has 0 bridgehead atoms. The van der Waals surface area contributed by atoms with Crippen LogP contribution in [-0.4, -0.2) is 38.2 Å². The molecule has 0 heterocycles. The number of likely N-dealkylation sites (N-methyl/N-ethyl adjacent to an activating group) is 1. The van der Waals surface area contributed by atoms with Crippen LogP contribution in [0.3, 0.4) is 0 Å². The number of ether oxygens (including phenoxy) is 1. The van der Waals surface area contributed by atoms with Gasteiger partial charge in [0.1, 0.15) is 12.4 Å². The van der Waals surface area contributed by atoms with Crippen molar-refractivity contribution in [3.05, 3.63) is 102 Å². The van der Waals surface area contributed by atoms with Crippen LogP contribution in [0.15, 0.2) is 84.9 Å². The molecule has 0 saturated heterocycles.